The van der Waals surface area contributed by atoms with Crippen molar-refractivity contribution in [2.75, 3.05) is 33.7 Å². The molecule has 0 aromatic carbocycles. The molecule has 5 heteroatoms. The average molecular weight is 283 g/mol. The topological polar surface area (TPSA) is 52.7 Å². The molecule has 1 aliphatic heterocycles. The Hall–Kier alpha value is -1.10. The number of amides is 2. The van der Waals surface area contributed by atoms with Gasteiger partial charge < -0.3 is 15.1 Å². The molecule has 5 nitrogen and oxygen atoms in total. The van der Waals surface area contributed by atoms with Crippen LogP contribution in [0.25, 0.3) is 0 Å². The van der Waals surface area contributed by atoms with E-state index in [2.05, 4.69) is 31.1 Å². The van der Waals surface area contributed by atoms with Crippen LogP contribution in [0, 0.1) is 11.8 Å². The van der Waals surface area contributed by atoms with E-state index in [1.165, 1.54) is 0 Å². The van der Waals surface area contributed by atoms with Gasteiger partial charge in [0.1, 0.15) is 0 Å². The van der Waals surface area contributed by atoms with Crippen LogP contribution in [0.3, 0.4) is 0 Å². The lowest BCUT2D eigenvalue weighted by Gasteiger charge is -2.35. The highest BCUT2D eigenvalue weighted by Gasteiger charge is 2.39. The summed E-state index contributed by atoms with van der Waals surface area (Å²) in [6.07, 6.45) is 1.11. The predicted octanol–water partition coefficient (Wildman–Crippen LogP) is 0.947. The molecule has 1 heterocycles. The summed E-state index contributed by atoms with van der Waals surface area (Å²) < 4.78 is 0. The van der Waals surface area contributed by atoms with Crippen molar-refractivity contribution < 1.29 is 9.59 Å². The third-order valence-corrected chi connectivity index (χ3v) is 4.65. The third-order valence-electron chi connectivity index (χ3n) is 4.65. The van der Waals surface area contributed by atoms with Gasteiger partial charge in [0.25, 0.3) is 0 Å². The number of rotatable bonds is 5. The van der Waals surface area contributed by atoms with E-state index in [1.807, 2.05) is 20.9 Å². The quantitative estimate of drug-likeness (QED) is 0.817. The summed E-state index contributed by atoms with van der Waals surface area (Å²) in [5.74, 6) is 0.287. The minimum atomic E-state index is -0.0875. The zero-order chi connectivity index (χ0) is 15.5. The van der Waals surface area contributed by atoms with Crippen LogP contribution < -0.4 is 5.32 Å². The molecule has 0 saturated carbocycles. The van der Waals surface area contributed by atoms with Crippen LogP contribution in [0.15, 0.2) is 0 Å². The van der Waals surface area contributed by atoms with Gasteiger partial charge in [-0.15, -0.1) is 0 Å². The van der Waals surface area contributed by atoms with Gasteiger partial charge in [-0.05, 0) is 39.8 Å². The predicted molar refractivity (Wildman–Crippen MR) is 80.3 cm³/mol. The number of likely N-dealkylation sites (tertiary alicyclic amines) is 1. The van der Waals surface area contributed by atoms with E-state index >= 15 is 0 Å². The van der Waals surface area contributed by atoms with Crippen LogP contribution in [0.4, 0.5) is 0 Å². The lowest BCUT2D eigenvalue weighted by atomic mass is 9.88. The Balaban J connectivity index is 2.45. The van der Waals surface area contributed by atoms with Crippen molar-refractivity contribution in [3.63, 3.8) is 0 Å². The van der Waals surface area contributed by atoms with Crippen molar-refractivity contribution in [3.05, 3.63) is 0 Å². The molecular weight excluding hydrogens is 254 g/mol. The second-order valence-electron chi connectivity index (χ2n) is 6.71. The summed E-state index contributed by atoms with van der Waals surface area (Å²) in [5, 5.41) is 2.68. The summed E-state index contributed by atoms with van der Waals surface area (Å²) in [4.78, 5) is 27.6. The minimum absolute atomic E-state index is 0.0237. The normalized spacial score (nSPS) is 22.1. The lowest BCUT2D eigenvalue weighted by Crippen LogP contribution is -2.46. The minimum Gasteiger partial charge on any atom is -0.347 e. The number of nitrogens with zero attached hydrogens (tertiary/aromatic N) is 2. The SMILES string of the molecule is CC(C)C(=O)NCC(=O)N(C)C[C@H]1CCN(C)C1(C)C. The Kier molecular flexibility index (Phi) is 5.57. The maximum Gasteiger partial charge on any atom is 0.241 e. The van der Waals surface area contributed by atoms with Gasteiger partial charge in [0.15, 0.2) is 0 Å². The fraction of sp³-hybridized carbons (Fsp3) is 0.867. The molecule has 1 fully saturated rings. The second kappa shape index (κ2) is 6.57. The van der Waals surface area contributed by atoms with E-state index in [9.17, 15) is 9.59 Å². The average Bonchev–Trinajstić information content (AvgIpc) is 2.61. The van der Waals surface area contributed by atoms with Crippen molar-refractivity contribution >= 4 is 11.8 Å². The fourth-order valence-corrected chi connectivity index (χ4v) is 2.55. The van der Waals surface area contributed by atoms with Gasteiger partial charge in [0.2, 0.25) is 11.8 Å². The van der Waals surface area contributed by atoms with Gasteiger partial charge >= 0.3 is 0 Å². The van der Waals surface area contributed by atoms with E-state index in [1.54, 1.807) is 4.90 Å². The largest absolute Gasteiger partial charge is 0.347 e. The smallest absolute Gasteiger partial charge is 0.241 e. The Morgan fingerprint density at radius 3 is 2.45 bits per heavy atom. The van der Waals surface area contributed by atoms with Crippen LogP contribution in [0.5, 0.6) is 0 Å². The maximum absolute atomic E-state index is 12.0. The molecule has 116 valence electrons. The molecule has 1 rings (SSSR count). The molecule has 2 amide bonds. The number of nitrogens with one attached hydrogen (secondary N) is 1. The van der Waals surface area contributed by atoms with Crippen LogP contribution in [0.1, 0.15) is 34.1 Å². The monoisotopic (exact) mass is 283 g/mol. The molecule has 1 atom stereocenters. The summed E-state index contributed by atoms with van der Waals surface area (Å²) in [6, 6.07) is 0. The van der Waals surface area contributed by atoms with E-state index in [0.29, 0.717) is 5.92 Å². The molecule has 1 saturated heterocycles. The van der Waals surface area contributed by atoms with Crippen molar-refractivity contribution in [3.8, 4) is 0 Å². The van der Waals surface area contributed by atoms with Crippen molar-refractivity contribution in [2.24, 2.45) is 11.8 Å². The Bertz CT molecular complexity index is 366. The zero-order valence-electron chi connectivity index (χ0n) is 13.7. The van der Waals surface area contributed by atoms with Crippen molar-refractivity contribution in [2.45, 2.75) is 39.7 Å². The summed E-state index contributed by atoms with van der Waals surface area (Å²) in [7, 11) is 3.95. The first-order valence-corrected chi connectivity index (χ1v) is 7.39. The van der Waals surface area contributed by atoms with E-state index < -0.39 is 0 Å². The zero-order valence-corrected chi connectivity index (χ0v) is 13.7. The van der Waals surface area contributed by atoms with Crippen molar-refractivity contribution in [1.29, 1.82) is 0 Å². The first-order chi connectivity index (χ1) is 9.16. The number of carbonyl (C=O) groups excluding carboxylic acids is 2. The van der Waals surface area contributed by atoms with Gasteiger partial charge in [0.05, 0.1) is 6.54 Å². The van der Waals surface area contributed by atoms with Gasteiger partial charge in [-0.25, -0.2) is 0 Å². The third kappa shape index (κ3) is 3.95. The number of hydrogen-bond donors (Lipinski definition) is 1. The summed E-state index contributed by atoms with van der Waals surface area (Å²) >= 11 is 0. The van der Waals surface area contributed by atoms with Gasteiger partial charge in [-0.2, -0.15) is 0 Å². The highest BCUT2D eigenvalue weighted by Crippen LogP contribution is 2.33. The number of likely N-dealkylation sites (N-methyl/N-ethyl adjacent to an activating group) is 1. The molecule has 0 aromatic heterocycles. The van der Waals surface area contributed by atoms with Gasteiger partial charge in [0, 0.05) is 25.0 Å². The summed E-state index contributed by atoms with van der Waals surface area (Å²) in [5.41, 5.74) is 0.121. The Morgan fingerprint density at radius 1 is 1.40 bits per heavy atom. The van der Waals surface area contributed by atoms with Crippen LogP contribution in [0.2, 0.25) is 0 Å². The molecule has 0 aliphatic carbocycles. The maximum atomic E-state index is 12.0. The molecule has 1 N–H and O–H groups in total. The fourth-order valence-electron chi connectivity index (χ4n) is 2.55. The molecule has 0 aromatic rings. The Morgan fingerprint density at radius 2 is 2.00 bits per heavy atom. The standard InChI is InChI=1S/C15H29N3O2/c1-11(2)14(20)16-9-13(19)17(5)10-12-7-8-18(6)15(12,3)4/h11-12H,7-10H2,1-6H3,(H,16,20)/t12-/m1/s1. The van der Waals surface area contributed by atoms with Crippen LogP contribution in [-0.4, -0.2) is 60.9 Å². The highest BCUT2D eigenvalue weighted by atomic mass is 16.2. The highest BCUT2D eigenvalue weighted by molar-refractivity contribution is 5.85. The number of carbonyl (C=O) groups is 2. The first kappa shape index (κ1) is 17.0. The molecule has 0 bridgehead atoms. The van der Waals surface area contributed by atoms with Gasteiger partial charge in [-0.1, -0.05) is 13.8 Å². The molecule has 0 spiro atoms. The molecule has 0 unspecified atom stereocenters. The molecule has 0 radical (unpaired) electrons. The number of hydrogen-bond acceptors (Lipinski definition) is 3. The molecular formula is C15H29N3O2. The Labute approximate surface area is 122 Å². The first-order valence-electron chi connectivity index (χ1n) is 7.39. The van der Waals surface area contributed by atoms with E-state index in [0.717, 1.165) is 19.5 Å². The second-order valence-corrected chi connectivity index (χ2v) is 6.71. The summed E-state index contributed by atoms with van der Waals surface area (Å²) in [6.45, 7) is 10.0. The van der Waals surface area contributed by atoms with Gasteiger partial charge in [-0.3, -0.25) is 9.59 Å². The molecule has 20 heavy (non-hydrogen) atoms. The van der Waals surface area contributed by atoms with Crippen LogP contribution in [-0.2, 0) is 9.59 Å². The van der Waals surface area contributed by atoms with Crippen molar-refractivity contribution in [1.82, 2.24) is 15.1 Å². The van der Waals surface area contributed by atoms with Crippen LogP contribution >= 0.6 is 0 Å². The van der Waals surface area contributed by atoms with E-state index in [4.69, 9.17) is 0 Å². The van der Waals surface area contributed by atoms with E-state index in [-0.39, 0.29) is 29.8 Å². The molecule has 1 aliphatic rings. The lowest BCUT2D eigenvalue weighted by molar-refractivity contribution is -0.133.